The number of hydrogen-bond acceptors (Lipinski definition) is 4. The van der Waals surface area contributed by atoms with Gasteiger partial charge in [0.2, 0.25) is 0 Å². The Kier molecular flexibility index (Phi) is 4.29. The van der Waals surface area contributed by atoms with Gasteiger partial charge in [0.15, 0.2) is 17.7 Å². The van der Waals surface area contributed by atoms with E-state index in [1.807, 2.05) is 0 Å². The molecule has 1 aliphatic heterocycles. The van der Waals surface area contributed by atoms with E-state index in [0.717, 1.165) is 12.1 Å². The van der Waals surface area contributed by atoms with Crippen molar-refractivity contribution in [1.82, 2.24) is 0 Å². The van der Waals surface area contributed by atoms with E-state index < -0.39 is 17.5 Å². The largest absolute Gasteiger partial charge is 0.618 e. The summed E-state index contributed by atoms with van der Waals surface area (Å²) < 4.78 is 51.1. The first-order valence-corrected chi connectivity index (χ1v) is 7.98. The van der Waals surface area contributed by atoms with Crippen molar-refractivity contribution in [2.45, 2.75) is 32.7 Å². The van der Waals surface area contributed by atoms with Crippen molar-refractivity contribution in [2.24, 2.45) is 4.99 Å². The molecule has 26 heavy (non-hydrogen) atoms. The number of alkyl halides is 3. The van der Waals surface area contributed by atoms with E-state index in [4.69, 9.17) is 9.47 Å². The summed E-state index contributed by atoms with van der Waals surface area (Å²) in [5.41, 5.74) is -1.66. The number of benzene rings is 1. The van der Waals surface area contributed by atoms with Gasteiger partial charge in [0.1, 0.15) is 11.5 Å². The zero-order chi connectivity index (χ0) is 19.1. The number of ether oxygens (including phenoxy) is 2. The molecule has 0 saturated heterocycles. The maximum absolute atomic E-state index is 13.1. The maximum Gasteiger partial charge on any atom is 0.416 e. The van der Waals surface area contributed by atoms with E-state index in [1.165, 1.54) is 18.3 Å². The fourth-order valence-electron chi connectivity index (χ4n) is 2.75. The second kappa shape index (κ2) is 6.19. The third-order valence-corrected chi connectivity index (χ3v) is 3.75. The summed E-state index contributed by atoms with van der Waals surface area (Å²) in [5.74, 6) is 0.462. The molecule has 0 amide bonds. The third kappa shape index (κ3) is 3.31. The van der Waals surface area contributed by atoms with E-state index in [0.29, 0.717) is 11.3 Å². The van der Waals surface area contributed by atoms with Crippen LogP contribution in [-0.4, -0.2) is 18.0 Å². The van der Waals surface area contributed by atoms with Gasteiger partial charge in [0, 0.05) is 11.6 Å². The molecule has 2 heterocycles. The zero-order valence-electron chi connectivity index (χ0n) is 14.4. The Bertz CT molecular complexity index is 876. The standard InChI is InChI=1S/C18H17F3N2O3/c1-4-25-14-6-5-9-23(24)16(14)15-12-10-11(18(19,20)21)7-8-13(12)26-17(2,3)22-15/h5-10H,4H2,1-3H3. The first-order valence-electron chi connectivity index (χ1n) is 7.98. The van der Waals surface area contributed by atoms with Gasteiger partial charge in [-0.3, -0.25) is 0 Å². The maximum atomic E-state index is 13.1. The number of halogens is 3. The molecule has 2 aromatic rings. The van der Waals surface area contributed by atoms with Crippen molar-refractivity contribution in [3.63, 3.8) is 0 Å². The van der Waals surface area contributed by atoms with Crippen LogP contribution in [-0.2, 0) is 6.18 Å². The number of pyridine rings is 1. The molecule has 138 valence electrons. The van der Waals surface area contributed by atoms with Gasteiger partial charge >= 0.3 is 6.18 Å². The molecule has 0 bridgehead atoms. The van der Waals surface area contributed by atoms with Gasteiger partial charge in [-0.2, -0.15) is 17.9 Å². The Morgan fingerprint density at radius 1 is 1.27 bits per heavy atom. The lowest BCUT2D eigenvalue weighted by atomic mass is 9.99. The van der Waals surface area contributed by atoms with Crippen molar-refractivity contribution in [3.8, 4) is 11.5 Å². The minimum Gasteiger partial charge on any atom is -0.618 e. The van der Waals surface area contributed by atoms with Gasteiger partial charge in [-0.25, -0.2) is 4.99 Å². The molecule has 8 heteroatoms. The van der Waals surface area contributed by atoms with Crippen LogP contribution in [0.4, 0.5) is 13.2 Å². The first kappa shape index (κ1) is 18.0. The second-order valence-corrected chi connectivity index (χ2v) is 6.20. The molecule has 0 saturated carbocycles. The van der Waals surface area contributed by atoms with Crippen molar-refractivity contribution < 1.29 is 27.4 Å². The van der Waals surface area contributed by atoms with Crippen LogP contribution < -0.4 is 14.2 Å². The van der Waals surface area contributed by atoms with Crippen LogP contribution >= 0.6 is 0 Å². The lowest BCUT2D eigenvalue weighted by molar-refractivity contribution is -0.607. The molecule has 0 unspecified atom stereocenters. The average molecular weight is 366 g/mol. The Balaban J connectivity index is 2.27. The number of fused-ring (bicyclic) bond motifs is 1. The van der Waals surface area contributed by atoms with Gasteiger partial charge in [0.05, 0.1) is 12.2 Å². The van der Waals surface area contributed by atoms with E-state index in [1.54, 1.807) is 26.8 Å². The molecule has 1 aromatic heterocycles. The summed E-state index contributed by atoms with van der Waals surface area (Å²) >= 11 is 0. The van der Waals surface area contributed by atoms with Crippen molar-refractivity contribution in [1.29, 1.82) is 0 Å². The van der Waals surface area contributed by atoms with Crippen molar-refractivity contribution in [2.75, 3.05) is 6.61 Å². The highest BCUT2D eigenvalue weighted by molar-refractivity contribution is 6.14. The molecule has 1 aromatic carbocycles. The lowest BCUT2D eigenvalue weighted by Crippen LogP contribution is -2.40. The molecule has 5 nitrogen and oxygen atoms in total. The van der Waals surface area contributed by atoms with Crippen molar-refractivity contribution in [3.05, 3.63) is 58.6 Å². The summed E-state index contributed by atoms with van der Waals surface area (Å²) in [5, 5.41) is 12.4. The van der Waals surface area contributed by atoms with Gasteiger partial charge in [-0.15, -0.1) is 0 Å². The monoisotopic (exact) mass is 366 g/mol. The molecule has 0 N–H and O–H groups in total. The smallest absolute Gasteiger partial charge is 0.416 e. The summed E-state index contributed by atoms with van der Waals surface area (Å²) in [4.78, 5) is 4.38. The number of rotatable bonds is 3. The minimum atomic E-state index is -4.53. The molecule has 3 rings (SSSR count). The molecule has 1 aliphatic rings. The van der Waals surface area contributed by atoms with Crippen molar-refractivity contribution >= 4 is 5.71 Å². The van der Waals surface area contributed by atoms with Crippen LogP contribution in [0.2, 0.25) is 0 Å². The topological polar surface area (TPSA) is 57.8 Å². The normalized spacial score (nSPS) is 15.7. The highest BCUT2D eigenvalue weighted by Gasteiger charge is 2.37. The number of aromatic nitrogens is 1. The van der Waals surface area contributed by atoms with E-state index in [-0.39, 0.29) is 28.5 Å². The highest BCUT2D eigenvalue weighted by Crippen LogP contribution is 2.38. The fourth-order valence-corrected chi connectivity index (χ4v) is 2.75. The summed E-state index contributed by atoms with van der Waals surface area (Å²) in [7, 11) is 0. The minimum absolute atomic E-state index is 0.0475. The van der Waals surface area contributed by atoms with Crippen LogP contribution in [0, 0.1) is 5.21 Å². The van der Waals surface area contributed by atoms with Gasteiger partial charge in [0.25, 0.3) is 5.69 Å². The summed E-state index contributed by atoms with van der Waals surface area (Å²) in [6.07, 6.45) is -3.28. The fraction of sp³-hybridized carbons (Fsp3) is 0.333. The van der Waals surface area contributed by atoms with Crippen LogP contribution in [0.1, 0.15) is 37.6 Å². The van der Waals surface area contributed by atoms with Gasteiger partial charge < -0.3 is 14.7 Å². The highest BCUT2D eigenvalue weighted by atomic mass is 19.4. The molecular weight excluding hydrogens is 349 g/mol. The van der Waals surface area contributed by atoms with Crippen LogP contribution in [0.3, 0.4) is 0 Å². The Morgan fingerprint density at radius 2 is 2.00 bits per heavy atom. The molecular formula is C18H17F3N2O3. The van der Waals surface area contributed by atoms with Crippen LogP contribution in [0.15, 0.2) is 41.5 Å². The molecule has 0 spiro atoms. The Hall–Kier alpha value is -2.77. The van der Waals surface area contributed by atoms with Gasteiger partial charge in [-0.05, 0) is 45.0 Å². The van der Waals surface area contributed by atoms with Crippen LogP contribution in [0.25, 0.3) is 0 Å². The zero-order valence-corrected chi connectivity index (χ0v) is 14.4. The van der Waals surface area contributed by atoms with E-state index >= 15 is 0 Å². The molecule has 0 fully saturated rings. The number of aliphatic imine (C=N–C) groups is 1. The molecule has 0 atom stereocenters. The van der Waals surface area contributed by atoms with E-state index in [2.05, 4.69) is 4.99 Å². The third-order valence-electron chi connectivity index (χ3n) is 3.75. The predicted octanol–water partition coefficient (Wildman–Crippen LogP) is 3.70. The number of nitrogens with zero attached hydrogens (tertiary/aromatic N) is 2. The summed E-state index contributed by atoms with van der Waals surface area (Å²) in [6, 6.07) is 6.20. The first-order chi connectivity index (χ1) is 12.1. The predicted molar refractivity (Wildman–Crippen MR) is 88.4 cm³/mol. The number of hydrogen-bond donors (Lipinski definition) is 0. The SMILES string of the molecule is CCOc1ccc[n+]([O-])c1C1=NC(C)(C)Oc2ccc(C(F)(F)F)cc21. The molecule has 0 aliphatic carbocycles. The quantitative estimate of drug-likeness (QED) is 0.615. The Morgan fingerprint density at radius 3 is 2.65 bits per heavy atom. The van der Waals surface area contributed by atoms with Crippen LogP contribution in [0.5, 0.6) is 11.5 Å². The second-order valence-electron chi connectivity index (χ2n) is 6.20. The van der Waals surface area contributed by atoms with Gasteiger partial charge in [-0.1, -0.05) is 0 Å². The van der Waals surface area contributed by atoms with E-state index in [9.17, 15) is 18.4 Å². The lowest BCUT2D eigenvalue weighted by Gasteiger charge is -2.30. The molecule has 0 radical (unpaired) electrons. The average Bonchev–Trinajstić information content (AvgIpc) is 2.52. The summed E-state index contributed by atoms with van der Waals surface area (Å²) in [6.45, 7) is 5.36. The Labute approximate surface area is 148 Å².